The molecule has 0 aliphatic heterocycles. The van der Waals surface area contributed by atoms with E-state index in [4.69, 9.17) is 11.6 Å². The quantitative estimate of drug-likeness (QED) is 0.311. The van der Waals surface area contributed by atoms with Crippen LogP contribution in [0.25, 0.3) is 0 Å². The number of nitrogens with zero attached hydrogens (tertiary/aromatic N) is 2. The number of anilines is 1. The molecule has 0 heterocycles. The van der Waals surface area contributed by atoms with Gasteiger partial charge in [0, 0.05) is 24.5 Å². The van der Waals surface area contributed by atoms with E-state index < -0.39 is 28.5 Å². The fourth-order valence-electron chi connectivity index (χ4n) is 4.10. The van der Waals surface area contributed by atoms with E-state index in [0.717, 1.165) is 34.5 Å². The molecule has 0 saturated heterocycles. The number of rotatable bonds is 13. The molecule has 0 spiro atoms. The summed E-state index contributed by atoms with van der Waals surface area (Å²) < 4.78 is 26.5. The Hall–Kier alpha value is -3.36. The maximum atomic E-state index is 13.9. The highest BCUT2D eigenvalue weighted by molar-refractivity contribution is 7.92. The summed E-state index contributed by atoms with van der Waals surface area (Å²) in [5, 5.41) is 3.46. The minimum absolute atomic E-state index is 0.0878. The molecular weight excluding hydrogens is 522 g/mol. The molecule has 1 atom stereocenters. The van der Waals surface area contributed by atoms with Crippen molar-refractivity contribution < 1.29 is 18.0 Å². The number of unbranched alkanes of at least 4 members (excludes halogenated alkanes) is 1. The monoisotopic (exact) mass is 555 g/mol. The van der Waals surface area contributed by atoms with Gasteiger partial charge in [0.15, 0.2) is 0 Å². The molecule has 0 aromatic heterocycles. The Kier molecular flexibility index (Phi) is 10.7. The van der Waals surface area contributed by atoms with E-state index in [-0.39, 0.29) is 18.9 Å². The van der Waals surface area contributed by atoms with Gasteiger partial charge in [-0.05, 0) is 41.8 Å². The molecule has 2 amide bonds. The number of carbonyl (C=O) groups excluding carboxylic acids is 2. The van der Waals surface area contributed by atoms with Gasteiger partial charge in [0.1, 0.15) is 12.6 Å². The topological polar surface area (TPSA) is 86.8 Å². The van der Waals surface area contributed by atoms with Gasteiger partial charge in [-0.25, -0.2) is 8.42 Å². The molecule has 7 nitrogen and oxygen atoms in total. The lowest BCUT2D eigenvalue weighted by Crippen LogP contribution is -2.53. The third-order valence-corrected chi connectivity index (χ3v) is 7.44. The van der Waals surface area contributed by atoms with Crippen molar-refractivity contribution in [1.29, 1.82) is 0 Å². The summed E-state index contributed by atoms with van der Waals surface area (Å²) in [6.45, 7) is 2.16. The van der Waals surface area contributed by atoms with Crippen LogP contribution in [0.2, 0.25) is 5.02 Å². The van der Waals surface area contributed by atoms with Crippen LogP contribution >= 0.6 is 11.6 Å². The number of benzene rings is 3. The minimum atomic E-state index is -3.78. The maximum absolute atomic E-state index is 13.9. The Balaban J connectivity index is 2.01. The van der Waals surface area contributed by atoms with Crippen molar-refractivity contribution in [3.63, 3.8) is 0 Å². The molecule has 0 aliphatic rings. The molecule has 0 unspecified atom stereocenters. The molecule has 0 bridgehead atoms. The molecule has 1 N–H and O–H groups in total. The van der Waals surface area contributed by atoms with Gasteiger partial charge in [-0.2, -0.15) is 0 Å². The highest BCUT2D eigenvalue weighted by atomic mass is 35.5. The van der Waals surface area contributed by atoms with Gasteiger partial charge in [0.25, 0.3) is 0 Å². The van der Waals surface area contributed by atoms with E-state index in [9.17, 15) is 18.0 Å². The van der Waals surface area contributed by atoms with Gasteiger partial charge in [-0.3, -0.25) is 13.9 Å². The molecule has 0 saturated carbocycles. The van der Waals surface area contributed by atoms with E-state index in [1.54, 1.807) is 48.5 Å². The van der Waals surface area contributed by atoms with E-state index >= 15 is 0 Å². The Morgan fingerprint density at radius 1 is 0.921 bits per heavy atom. The first-order chi connectivity index (χ1) is 18.2. The highest BCUT2D eigenvalue weighted by Crippen LogP contribution is 2.21. The van der Waals surface area contributed by atoms with Gasteiger partial charge < -0.3 is 10.2 Å². The first-order valence-corrected chi connectivity index (χ1v) is 14.8. The molecule has 202 valence electrons. The first kappa shape index (κ1) is 29.2. The number of para-hydroxylation sites is 1. The molecule has 3 rings (SSSR count). The van der Waals surface area contributed by atoms with E-state index in [1.807, 2.05) is 43.3 Å². The number of halogens is 1. The smallest absolute Gasteiger partial charge is 0.244 e. The second kappa shape index (κ2) is 14.0. The van der Waals surface area contributed by atoms with Crippen LogP contribution in [0.15, 0.2) is 84.9 Å². The number of sulfonamides is 1. The third kappa shape index (κ3) is 8.60. The summed E-state index contributed by atoms with van der Waals surface area (Å²) in [4.78, 5) is 28.9. The second-order valence-electron chi connectivity index (χ2n) is 9.11. The van der Waals surface area contributed by atoms with E-state index in [2.05, 4.69) is 5.32 Å². The molecule has 38 heavy (non-hydrogen) atoms. The van der Waals surface area contributed by atoms with Crippen LogP contribution in [0.1, 0.15) is 30.9 Å². The molecule has 0 radical (unpaired) electrons. The van der Waals surface area contributed by atoms with Gasteiger partial charge in [-0.15, -0.1) is 0 Å². The molecule has 3 aromatic rings. The fraction of sp³-hybridized carbons (Fsp3) is 0.310. The van der Waals surface area contributed by atoms with Gasteiger partial charge in [0.05, 0.1) is 11.9 Å². The molecule has 0 aliphatic carbocycles. The number of amides is 2. The second-order valence-corrected chi connectivity index (χ2v) is 11.5. The lowest BCUT2D eigenvalue weighted by Gasteiger charge is -2.33. The standard InChI is InChI=1S/C29H34ClN3O4S/c1-3-4-18-31-29(35)27(20-23-12-7-5-8-13-23)32(21-24-14-11-15-25(30)19-24)28(34)22-33(38(2,36)37)26-16-9-6-10-17-26/h5-17,19,27H,3-4,18,20-22H2,1-2H3,(H,31,35)/t27-/m0/s1. The Morgan fingerprint density at radius 2 is 1.55 bits per heavy atom. The lowest BCUT2D eigenvalue weighted by atomic mass is 10.0. The Bertz CT molecular complexity index is 1300. The van der Waals surface area contributed by atoms with E-state index in [0.29, 0.717) is 17.3 Å². The normalized spacial score (nSPS) is 12.0. The minimum Gasteiger partial charge on any atom is -0.354 e. The van der Waals surface area contributed by atoms with Crippen LogP contribution in [0.4, 0.5) is 5.69 Å². The predicted molar refractivity (Wildman–Crippen MR) is 152 cm³/mol. The van der Waals surface area contributed by atoms with E-state index in [1.165, 1.54) is 4.90 Å². The maximum Gasteiger partial charge on any atom is 0.244 e. The summed E-state index contributed by atoms with van der Waals surface area (Å²) >= 11 is 6.22. The number of hydrogen-bond acceptors (Lipinski definition) is 4. The van der Waals surface area contributed by atoms with Crippen LogP contribution in [0.5, 0.6) is 0 Å². The molecule has 9 heteroatoms. The van der Waals surface area contributed by atoms with Crippen molar-refractivity contribution in [1.82, 2.24) is 10.2 Å². The average molecular weight is 556 g/mol. The SMILES string of the molecule is CCCCNC(=O)[C@H](Cc1ccccc1)N(Cc1cccc(Cl)c1)C(=O)CN(c1ccccc1)S(C)(=O)=O. The third-order valence-electron chi connectivity index (χ3n) is 6.07. The molecule has 0 fully saturated rings. The van der Waals surface area contributed by atoms with Crippen molar-refractivity contribution in [2.24, 2.45) is 0 Å². The van der Waals surface area contributed by atoms with Crippen molar-refractivity contribution in [2.75, 3.05) is 23.7 Å². The zero-order chi connectivity index (χ0) is 27.5. The summed E-state index contributed by atoms with van der Waals surface area (Å²) in [5.41, 5.74) is 1.99. The molecule has 3 aromatic carbocycles. The summed E-state index contributed by atoms with van der Waals surface area (Å²) in [5.74, 6) is -0.783. The van der Waals surface area contributed by atoms with Gasteiger partial charge in [0.2, 0.25) is 21.8 Å². The number of hydrogen-bond donors (Lipinski definition) is 1. The van der Waals surface area contributed by atoms with Gasteiger partial charge in [-0.1, -0.05) is 85.6 Å². The van der Waals surface area contributed by atoms with Crippen LogP contribution < -0.4 is 9.62 Å². The zero-order valence-electron chi connectivity index (χ0n) is 21.7. The zero-order valence-corrected chi connectivity index (χ0v) is 23.3. The average Bonchev–Trinajstić information content (AvgIpc) is 2.89. The Labute approximate surface area is 230 Å². The molecular formula is C29H34ClN3O4S. The summed E-state index contributed by atoms with van der Waals surface area (Å²) in [6.07, 6.45) is 3.06. The summed E-state index contributed by atoms with van der Waals surface area (Å²) in [6, 6.07) is 24.1. The van der Waals surface area contributed by atoms with Crippen LogP contribution in [-0.4, -0.2) is 50.5 Å². The number of carbonyl (C=O) groups is 2. The predicted octanol–water partition coefficient (Wildman–Crippen LogP) is 4.66. The Morgan fingerprint density at radius 3 is 2.16 bits per heavy atom. The number of nitrogens with one attached hydrogen (secondary N) is 1. The van der Waals surface area contributed by atoms with Crippen LogP contribution in [0.3, 0.4) is 0 Å². The highest BCUT2D eigenvalue weighted by Gasteiger charge is 2.32. The lowest BCUT2D eigenvalue weighted by molar-refractivity contribution is -0.140. The van der Waals surface area contributed by atoms with Crippen molar-refractivity contribution in [2.45, 2.75) is 38.8 Å². The summed E-state index contributed by atoms with van der Waals surface area (Å²) in [7, 11) is -3.78. The van der Waals surface area contributed by atoms with Crippen LogP contribution in [-0.2, 0) is 32.6 Å². The largest absolute Gasteiger partial charge is 0.354 e. The van der Waals surface area contributed by atoms with Crippen molar-refractivity contribution >= 4 is 39.1 Å². The van der Waals surface area contributed by atoms with Crippen LogP contribution in [0, 0.1) is 0 Å². The van der Waals surface area contributed by atoms with Gasteiger partial charge >= 0.3 is 0 Å². The first-order valence-electron chi connectivity index (χ1n) is 12.6. The van der Waals surface area contributed by atoms with Crippen molar-refractivity contribution in [3.8, 4) is 0 Å². The fourth-order valence-corrected chi connectivity index (χ4v) is 5.16. The van der Waals surface area contributed by atoms with Crippen molar-refractivity contribution in [3.05, 3.63) is 101 Å².